The molecule has 1 aliphatic heterocycles. The van der Waals surface area contributed by atoms with Crippen molar-refractivity contribution in [3.05, 3.63) is 25.6 Å². The third-order valence-corrected chi connectivity index (χ3v) is 4.71. The van der Waals surface area contributed by atoms with Crippen molar-refractivity contribution < 1.29 is 9.53 Å². The van der Waals surface area contributed by atoms with E-state index in [0.717, 1.165) is 38.6 Å². The SMILES string of the molecule is CC(=O)N1CCCC(Oc2c(Br)cc(Br)cc2Br)C1. The Morgan fingerprint density at radius 1 is 1.32 bits per heavy atom. The van der Waals surface area contributed by atoms with Gasteiger partial charge in [0.25, 0.3) is 0 Å². The van der Waals surface area contributed by atoms with Crippen LogP contribution in [0.15, 0.2) is 25.6 Å². The Kier molecular flexibility index (Phi) is 5.31. The molecule has 19 heavy (non-hydrogen) atoms. The minimum Gasteiger partial charge on any atom is -0.486 e. The number of nitrogens with zero attached hydrogens (tertiary/aromatic N) is 1. The molecule has 3 nitrogen and oxygen atoms in total. The van der Waals surface area contributed by atoms with Crippen molar-refractivity contribution >= 4 is 53.7 Å². The van der Waals surface area contributed by atoms with E-state index >= 15 is 0 Å². The van der Waals surface area contributed by atoms with Crippen molar-refractivity contribution in [2.75, 3.05) is 13.1 Å². The Morgan fingerprint density at radius 3 is 2.53 bits per heavy atom. The lowest BCUT2D eigenvalue weighted by molar-refractivity contribution is -0.131. The summed E-state index contributed by atoms with van der Waals surface area (Å²) in [4.78, 5) is 13.3. The number of halogens is 3. The van der Waals surface area contributed by atoms with Crippen LogP contribution in [0.2, 0.25) is 0 Å². The van der Waals surface area contributed by atoms with E-state index in [-0.39, 0.29) is 12.0 Å². The Hall–Kier alpha value is -0.0700. The summed E-state index contributed by atoms with van der Waals surface area (Å²) < 4.78 is 8.82. The van der Waals surface area contributed by atoms with E-state index < -0.39 is 0 Å². The maximum absolute atomic E-state index is 11.4. The number of piperidine rings is 1. The first-order chi connectivity index (χ1) is 8.97. The molecule has 0 bridgehead atoms. The fraction of sp³-hybridized carbons (Fsp3) is 0.462. The average Bonchev–Trinajstić information content (AvgIpc) is 2.34. The number of rotatable bonds is 2. The summed E-state index contributed by atoms with van der Waals surface area (Å²) in [5.41, 5.74) is 0. The monoisotopic (exact) mass is 453 g/mol. The fourth-order valence-corrected chi connectivity index (χ4v) is 4.57. The van der Waals surface area contributed by atoms with Gasteiger partial charge in [0.05, 0.1) is 15.5 Å². The van der Waals surface area contributed by atoms with Crippen LogP contribution < -0.4 is 4.74 Å². The smallest absolute Gasteiger partial charge is 0.219 e. The Balaban J connectivity index is 2.11. The van der Waals surface area contributed by atoms with Gasteiger partial charge in [-0.15, -0.1) is 0 Å². The summed E-state index contributed by atoms with van der Waals surface area (Å²) in [6, 6.07) is 3.90. The zero-order valence-corrected chi connectivity index (χ0v) is 15.2. The van der Waals surface area contributed by atoms with E-state index in [1.165, 1.54) is 0 Å². The molecular weight excluding hydrogens is 442 g/mol. The number of hydrogen-bond donors (Lipinski definition) is 0. The minimum atomic E-state index is 0.0476. The van der Waals surface area contributed by atoms with Gasteiger partial charge in [-0.05, 0) is 56.8 Å². The van der Waals surface area contributed by atoms with Gasteiger partial charge < -0.3 is 9.64 Å². The fourth-order valence-electron chi connectivity index (χ4n) is 2.13. The minimum absolute atomic E-state index is 0.0476. The quantitative estimate of drug-likeness (QED) is 0.663. The lowest BCUT2D eigenvalue weighted by atomic mass is 10.1. The second kappa shape index (κ2) is 6.59. The van der Waals surface area contributed by atoms with Gasteiger partial charge in [0.1, 0.15) is 11.9 Å². The van der Waals surface area contributed by atoms with Crippen LogP contribution in [0.5, 0.6) is 5.75 Å². The van der Waals surface area contributed by atoms with Crippen LogP contribution in [0.3, 0.4) is 0 Å². The van der Waals surface area contributed by atoms with E-state index in [4.69, 9.17) is 4.74 Å². The van der Waals surface area contributed by atoms with Crippen LogP contribution in [-0.2, 0) is 4.79 Å². The zero-order chi connectivity index (χ0) is 14.0. The van der Waals surface area contributed by atoms with Gasteiger partial charge in [-0.2, -0.15) is 0 Å². The molecule has 1 unspecified atom stereocenters. The maximum Gasteiger partial charge on any atom is 0.219 e. The largest absolute Gasteiger partial charge is 0.486 e. The molecule has 0 aromatic heterocycles. The number of carbonyl (C=O) groups is 1. The highest BCUT2D eigenvalue weighted by molar-refractivity contribution is 9.11. The molecule has 0 saturated carbocycles. The van der Waals surface area contributed by atoms with Crippen LogP contribution >= 0.6 is 47.8 Å². The van der Waals surface area contributed by atoms with Gasteiger partial charge in [0, 0.05) is 17.9 Å². The first-order valence-electron chi connectivity index (χ1n) is 6.04. The predicted octanol–water partition coefficient (Wildman–Crippen LogP) is 4.36. The molecule has 1 aromatic rings. The van der Waals surface area contributed by atoms with Crippen LogP contribution in [0, 0.1) is 0 Å². The van der Waals surface area contributed by atoms with Crippen LogP contribution in [0.25, 0.3) is 0 Å². The van der Waals surface area contributed by atoms with Crippen molar-refractivity contribution in [1.29, 1.82) is 0 Å². The highest BCUT2D eigenvalue weighted by atomic mass is 79.9. The zero-order valence-electron chi connectivity index (χ0n) is 10.5. The van der Waals surface area contributed by atoms with E-state index in [1.807, 2.05) is 17.0 Å². The van der Waals surface area contributed by atoms with Crippen molar-refractivity contribution in [3.8, 4) is 5.75 Å². The highest BCUT2D eigenvalue weighted by Gasteiger charge is 2.24. The third-order valence-electron chi connectivity index (χ3n) is 3.07. The first kappa shape index (κ1) is 15.3. The second-order valence-corrected chi connectivity index (χ2v) is 7.17. The average molecular weight is 456 g/mol. The number of hydrogen-bond acceptors (Lipinski definition) is 2. The van der Waals surface area contributed by atoms with Gasteiger partial charge in [-0.1, -0.05) is 15.9 Å². The second-order valence-electron chi connectivity index (χ2n) is 4.55. The lowest BCUT2D eigenvalue weighted by Gasteiger charge is -2.32. The summed E-state index contributed by atoms with van der Waals surface area (Å²) in [5, 5.41) is 0. The van der Waals surface area contributed by atoms with Gasteiger partial charge in [-0.25, -0.2) is 0 Å². The molecule has 6 heteroatoms. The summed E-state index contributed by atoms with van der Waals surface area (Å²) in [6.45, 7) is 3.09. The molecule has 0 aliphatic carbocycles. The van der Waals surface area contributed by atoms with Crippen LogP contribution in [0.1, 0.15) is 19.8 Å². The summed E-state index contributed by atoms with van der Waals surface area (Å²) >= 11 is 10.4. The number of amides is 1. The Labute approximate surface area is 138 Å². The molecule has 0 radical (unpaired) electrons. The molecule has 1 heterocycles. The van der Waals surface area contributed by atoms with Crippen molar-refractivity contribution in [1.82, 2.24) is 4.90 Å². The maximum atomic E-state index is 11.4. The van der Waals surface area contributed by atoms with Gasteiger partial charge >= 0.3 is 0 Å². The van der Waals surface area contributed by atoms with E-state index in [1.54, 1.807) is 6.92 Å². The molecule has 1 amide bonds. The first-order valence-corrected chi connectivity index (χ1v) is 8.42. The molecule has 1 saturated heterocycles. The van der Waals surface area contributed by atoms with Crippen molar-refractivity contribution in [3.63, 3.8) is 0 Å². The third kappa shape index (κ3) is 3.95. The lowest BCUT2D eigenvalue weighted by Crippen LogP contribution is -2.43. The number of ether oxygens (including phenoxy) is 1. The normalized spacial score (nSPS) is 19.4. The highest BCUT2D eigenvalue weighted by Crippen LogP contribution is 2.37. The standard InChI is InChI=1S/C13H14Br3NO2/c1-8(18)17-4-2-3-10(7-17)19-13-11(15)5-9(14)6-12(13)16/h5-6,10H,2-4,7H2,1H3. The van der Waals surface area contributed by atoms with Crippen molar-refractivity contribution in [2.45, 2.75) is 25.9 Å². The van der Waals surface area contributed by atoms with Gasteiger partial charge in [-0.3, -0.25) is 4.79 Å². The Morgan fingerprint density at radius 2 is 1.95 bits per heavy atom. The van der Waals surface area contributed by atoms with E-state index in [9.17, 15) is 4.79 Å². The molecule has 0 N–H and O–H groups in total. The summed E-state index contributed by atoms with van der Waals surface area (Å²) in [6.07, 6.45) is 2.00. The molecule has 104 valence electrons. The topological polar surface area (TPSA) is 29.5 Å². The molecule has 1 aromatic carbocycles. The predicted molar refractivity (Wildman–Crippen MR) is 85.4 cm³/mol. The molecule has 0 spiro atoms. The molecule has 2 rings (SSSR count). The molecule has 1 atom stereocenters. The summed E-state index contributed by atoms with van der Waals surface area (Å²) in [5.74, 6) is 0.904. The van der Waals surface area contributed by atoms with Crippen molar-refractivity contribution in [2.24, 2.45) is 0 Å². The summed E-state index contributed by atoms with van der Waals surface area (Å²) in [7, 11) is 0. The number of likely N-dealkylation sites (tertiary alicyclic amines) is 1. The van der Waals surface area contributed by atoms with E-state index in [2.05, 4.69) is 47.8 Å². The molecule has 1 aliphatic rings. The Bertz CT molecular complexity index is 470. The molecule has 1 fully saturated rings. The van der Waals surface area contributed by atoms with Gasteiger partial charge in [0.15, 0.2) is 0 Å². The van der Waals surface area contributed by atoms with Gasteiger partial charge in [0.2, 0.25) is 5.91 Å². The number of benzene rings is 1. The molecular formula is C13H14Br3NO2. The van der Waals surface area contributed by atoms with Crippen LogP contribution in [0.4, 0.5) is 0 Å². The number of carbonyl (C=O) groups excluding carboxylic acids is 1. The van der Waals surface area contributed by atoms with E-state index in [0.29, 0.717) is 6.54 Å². The van der Waals surface area contributed by atoms with Crippen LogP contribution in [-0.4, -0.2) is 30.0 Å².